The number of pyridine rings is 1. The van der Waals surface area contributed by atoms with Gasteiger partial charge in [0.05, 0.1) is 12.6 Å². The molecule has 92 valence electrons. The number of benzene rings is 2. The molecule has 0 spiro atoms. The van der Waals surface area contributed by atoms with Gasteiger partial charge in [0.15, 0.2) is 0 Å². The van der Waals surface area contributed by atoms with Crippen molar-refractivity contribution in [2.24, 2.45) is 0 Å². The summed E-state index contributed by atoms with van der Waals surface area (Å²) in [7, 11) is 1.69. The number of ether oxygens (including phenoxy) is 1. The summed E-state index contributed by atoms with van der Waals surface area (Å²) in [5.74, 6) is 0.870. The van der Waals surface area contributed by atoms with Crippen LogP contribution in [0, 0.1) is 0 Å². The predicted molar refractivity (Wildman–Crippen MR) is 77.7 cm³/mol. The van der Waals surface area contributed by atoms with Crippen LogP contribution in [0.1, 0.15) is 0 Å². The molecule has 0 aliphatic heterocycles. The predicted octanol–water partition coefficient (Wildman–Crippen LogP) is 3.88. The molecule has 4 aromatic rings. The van der Waals surface area contributed by atoms with Gasteiger partial charge in [0.25, 0.3) is 0 Å². The second-order valence-corrected chi connectivity index (χ2v) is 4.63. The molecular weight excluding hydrogens is 236 g/mol. The fraction of sp³-hybridized carbons (Fsp3) is 0.0625. The third kappa shape index (κ3) is 1.48. The van der Waals surface area contributed by atoms with Crippen LogP contribution in [0.4, 0.5) is 0 Å². The molecule has 0 saturated carbocycles. The highest BCUT2D eigenvalue weighted by Crippen LogP contribution is 2.30. The van der Waals surface area contributed by atoms with Crippen LogP contribution < -0.4 is 4.74 Å². The molecule has 0 bridgehead atoms. The van der Waals surface area contributed by atoms with Crippen molar-refractivity contribution in [3.63, 3.8) is 0 Å². The van der Waals surface area contributed by atoms with Gasteiger partial charge in [-0.1, -0.05) is 6.07 Å². The first-order chi connectivity index (χ1) is 9.35. The molecule has 19 heavy (non-hydrogen) atoms. The minimum absolute atomic E-state index is 0.870. The Morgan fingerprint density at radius 1 is 1.00 bits per heavy atom. The summed E-state index contributed by atoms with van der Waals surface area (Å²) < 4.78 is 5.30. The van der Waals surface area contributed by atoms with Crippen molar-refractivity contribution in [2.75, 3.05) is 7.11 Å². The van der Waals surface area contributed by atoms with E-state index in [-0.39, 0.29) is 0 Å². The Kier molecular flexibility index (Phi) is 2.03. The Morgan fingerprint density at radius 3 is 2.79 bits per heavy atom. The van der Waals surface area contributed by atoms with E-state index in [4.69, 9.17) is 4.74 Å². The number of nitrogens with one attached hydrogen (secondary N) is 1. The molecule has 4 rings (SSSR count). The first kappa shape index (κ1) is 10.4. The normalized spacial score (nSPS) is 11.4. The van der Waals surface area contributed by atoms with Gasteiger partial charge in [0.1, 0.15) is 5.75 Å². The van der Waals surface area contributed by atoms with Gasteiger partial charge >= 0.3 is 0 Å². The molecule has 2 aromatic carbocycles. The molecule has 0 aliphatic carbocycles. The summed E-state index contributed by atoms with van der Waals surface area (Å²) >= 11 is 0. The van der Waals surface area contributed by atoms with Gasteiger partial charge in [-0.3, -0.25) is 4.98 Å². The van der Waals surface area contributed by atoms with E-state index < -0.39 is 0 Å². The lowest BCUT2D eigenvalue weighted by Crippen LogP contribution is -1.81. The summed E-state index contributed by atoms with van der Waals surface area (Å²) in [6, 6.07) is 14.4. The van der Waals surface area contributed by atoms with Crippen LogP contribution in [-0.2, 0) is 0 Å². The smallest absolute Gasteiger partial charge is 0.119 e. The Bertz CT molecular complexity index is 908. The minimum atomic E-state index is 0.870. The van der Waals surface area contributed by atoms with Crippen molar-refractivity contribution < 1.29 is 4.74 Å². The van der Waals surface area contributed by atoms with E-state index in [1.807, 2.05) is 24.4 Å². The molecule has 1 N–H and O–H groups in total. The van der Waals surface area contributed by atoms with Crippen molar-refractivity contribution >= 4 is 32.7 Å². The number of hydrogen-bond donors (Lipinski definition) is 1. The van der Waals surface area contributed by atoms with E-state index in [0.717, 1.165) is 27.7 Å². The highest BCUT2D eigenvalue weighted by atomic mass is 16.5. The number of H-pyrrole nitrogens is 1. The second kappa shape index (κ2) is 3.72. The average Bonchev–Trinajstić information content (AvgIpc) is 2.81. The summed E-state index contributed by atoms with van der Waals surface area (Å²) in [6.45, 7) is 0. The third-order valence-corrected chi connectivity index (χ3v) is 3.53. The largest absolute Gasteiger partial charge is 0.497 e. The number of aromatic amines is 1. The molecule has 3 heteroatoms. The van der Waals surface area contributed by atoms with Gasteiger partial charge in [-0.25, -0.2) is 0 Å². The van der Waals surface area contributed by atoms with E-state index in [9.17, 15) is 0 Å². The maximum absolute atomic E-state index is 5.30. The van der Waals surface area contributed by atoms with Crippen molar-refractivity contribution in [2.45, 2.75) is 0 Å². The molecule has 0 atom stereocenters. The van der Waals surface area contributed by atoms with Crippen molar-refractivity contribution in [3.8, 4) is 5.75 Å². The van der Waals surface area contributed by atoms with Crippen LogP contribution in [0.25, 0.3) is 32.7 Å². The molecule has 2 aromatic heterocycles. The van der Waals surface area contributed by atoms with Crippen LogP contribution in [-0.4, -0.2) is 17.1 Å². The zero-order chi connectivity index (χ0) is 12.8. The highest BCUT2D eigenvalue weighted by molar-refractivity contribution is 6.11. The average molecular weight is 248 g/mol. The number of nitrogens with zero attached hydrogens (tertiary/aromatic N) is 1. The molecule has 0 fully saturated rings. The fourth-order valence-corrected chi connectivity index (χ4v) is 2.57. The Hall–Kier alpha value is -2.55. The quantitative estimate of drug-likeness (QED) is 0.555. The highest BCUT2D eigenvalue weighted by Gasteiger charge is 2.07. The standard InChI is InChI=1S/C16H12N2O/c1-19-11-4-5-14-12(8-11)13-9-15-10(3-2-6-17-15)7-16(13)18-14/h2-9,18H,1H3. The van der Waals surface area contributed by atoms with Crippen molar-refractivity contribution in [1.82, 2.24) is 9.97 Å². The molecule has 0 radical (unpaired) electrons. The number of rotatable bonds is 1. The molecule has 0 saturated heterocycles. The fourth-order valence-electron chi connectivity index (χ4n) is 2.57. The number of methoxy groups -OCH3 is 1. The Balaban J connectivity index is 2.17. The second-order valence-electron chi connectivity index (χ2n) is 4.63. The van der Waals surface area contributed by atoms with E-state index in [1.165, 1.54) is 10.8 Å². The zero-order valence-electron chi connectivity index (χ0n) is 10.5. The zero-order valence-corrected chi connectivity index (χ0v) is 10.5. The molecule has 3 nitrogen and oxygen atoms in total. The lowest BCUT2D eigenvalue weighted by Gasteiger charge is -1.99. The van der Waals surface area contributed by atoms with Gasteiger partial charge in [-0.05, 0) is 36.4 Å². The van der Waals surface area contributed by atoms with Crippen molar-refractivity contribution in [1.29, 1.82) is 0 Å². The van der Waals surface area contributed by atoms with Gasteiger partial charge in [0.2, 0.25) is 0 Å². The van der Waals surface area contributed by atoms with Crippen LogP contribution in [0.5, 0.6) is 5.75 Å². The first-order valence-electron chi connectivity index (χ1n) is 6.19. The molecule has 0 aliphatic rings. The SMILES string of the molecule is COc1ccc2[nH]c3cc4cccnc4cc3c2c1. The van der Waals surface area contributed by atoms with Gasteiger partial charge in [0, 0.05) is 33.4 Å². The van der Waals surface area contributed by atoms with Crippen LogP contribution >= 0.6 is 0 Å². The van der Waals surface area contributed by atoms with E-state index in [2.05, 4.69) is 34.2 Å². The lowest BCUT2D eigenvalue weighted by molar-refractivity contribution is 0.415. The molecule has 2 heterocycles. The van der Waals surface area contributed by atoms with Gasteiger partial charge in [-0.2, -0.15) is 0 Å². The van der Waals surface area contributed by atoms with Crippen LogP contribution in [0.3, 0.4) is 0 Å². The third-order valence-electron chi connectivity index (χ3n) is 3.53. The maximum Gasteiger partial charge on any atom is 0.119 e. The van der Waals surface area contributed by atoms with Crippen molar-refractivity contribution in [3.05, 3.63) is 48.7 Å². The Morgan fingerprint density at radius 2 is 1.89 bits per heavy atom. The maximum atomic E-state index is 5.30. The van der Waals surface area contributed by atoms with E-state index >= 15 is 0 Å². The topological polar surface area (TPSA) is 37.9 Å². The molecule has 0 amide bonds. The summed E-state index contributed by atoms with van der Waals surface area (Å²) in [4.78, 5) is 7.85. The minimum Gasteiger partial charge on any atom is -0.497 e. The summed E-state index contributed by atoms with van der Waals surface area (Å²) in [6.07, 6.45) is 1.82. The number of hydrogen-bond acceptors (Lipinski definition) is 2. The van der Waals surface area contributed by atoms with Gasteiger partial charge in [-0.15, -0.1) is 0 Å². The first-order valence-corrected chi connectivity index (χ1v) is 6.19. The monoisotopic (exact) mass is 248 g/mol. The lowest BCUT2D eigenvalue weighted by atomic mass is 10.1. The van der Waals surface area contributed by atoms with E-state index in [0.29, 0.717) is 0 Å². The molecule has 0 unspecified atom stereocenters. The van der Waals surface area contributed by atoms with Crippen LogP contribution in [0.15, 0.2) is 48.7 Å². The van der Waals surface area contributed by atoms with Gasteiger partial charge < -0.3 is 9.72 Å². The Labute approximate surface area is 109 Å². The van der Waals surface area contributed by atoms with E-state index in [1.54, 1.807) is 7.11 Å². The summed E-state index contributed by atoms with van der Waals surface area (Å²) in [5, 5.41) is 3.50. The van der Waals surface area contributed by atoms with Crippen LogP contribution in [0.2, 0.25) is 0 Å². The number of aromatic nitrogens is 2. The molecular formula is C16H12N2O. The number of fused-ring (bicyclic) bond motifs is 4. The summed E-state index contributed by atoms with van der Waals surface area (Å²) in [5.41, 5.74) is 3.26.